The first-order chi connectivity index (χ1) is 6.45. The van der Waals surface area contributed by atoms with Crippen LogP contribution in [0.5, 0.6) is 0 Å². The Balaban J connectivity index is 2.15. The zero-order valence-corrected chi connectivity index (χ0v) is 7.40. The zero-order valence-electron chi connectivity index (χ0n) is 7.40. The lowest BCUT2D eigenvalue weighted by atomic mass is 9.81. The summed E-state index contributed by atoms with van der Waals surface area (Å²) in [4.78, 5) is 0. The molecule has 0 amide bonds. The van der Waals surface area contributed by atoms with E-state index in [2.05, 4.69) is 48.6 Å². The van der Waals surface area contributed by atoms with Gasteiger partial charge in [0.1, 0.15) is 0 Å². The van der Waals surface area contributed by atoms with Crippen LogP contribution in [0.4, 0.5) is 0 Å². The van der Waals surface area contributed by atoms with E-state index in [0.29, 0.717) is 11.8 Å². The van der Waals surface area contributed by atoms with Crippen LogP contribution >= 0.6 is 0 Å². The Labute approximate surface area is 78.6 Å². The number of hydrogen-bond donors (Lipinski definition) is 0. The van der Waals surface area contributed by atoms with Crippen LogP contribution in [0.1, 0.15) is 23.5 Å². The monoisotopic (exact) mass is 167 g/mol. The molecule has 1 radical (unpaired) electrons. The van der Waals surface area contributed by atoms with E-state index in [9.17, 15) is 0 Å². The third-order valence-electron chi connectivity index (χ3n) is 2.99. The molecule has 0 fully saturated rings. The molecule has 0 spiro atoms. The summed E-state index contributed by atoms with van der Waals surface area (Å²) >= 11 is 0. The van der Waals surface area contributed by atoms with Gasteiger partial charge in [-0.05, 0) is 29.5 Å². The fourth-order valence-electron chi connectivity index (χ4n) is 2.31. The van der Waals surface area contributed by atoms with E-state index in [1.165, 1.54) is 17.5 Å². The predicted molar refractivity (Wildman–Crippen MR) is 54.1 cm³/mol. The lowest BCUT2D eigenvalue weighted by Crippen LogP contribution is -2.09. The van der Waals surface area contributed by atoms with E-state index in [1.54, 1.807) is 0 Å². The molecule has 1 aromatic rings. The first kappa shape index (κ1) is 7.14. The van der Waals surface area contributed by atoms with Crippen molar-refractivity contribution in [2.75, 3.05) is 0 Å². The third kappa shape index (κ3) is 0.983. The van der Waals surface area contributed by atoms with Gasteiger partial charge < -0.3 is 0 Å². The summed E-state index contributed by atoms with van der Waals surface area (Å²) in [5.41, 5.74) is 2.85. The summed E-state index contributed by atoms with van der Waals surface area (Å²) in [6.07, 6.45) is 11.3. The van der Waals surface area contributed by atoms with E-state index in [0.717, 1.165) is 0 Å². The molecular formula is C13H11. The highest BCUT2D eigenvalue weighted by Crippen LogP contribution is 2.40. The average Bonchev–Trinajstić information content (AvgIpc) is 2.65. The minimum absolute atomic E-state index is 0.537. The van der Waals surface area contributed by atoms with Gasteiger partial charge in [-0.15, -0.1) is 0 Å². The van der Waals surface area contributed by atoms with Gasteiger partial charge in [0.2, 0.25) is 0 Å². The Morgan fingerprint density at radius 1 is 1.23 bits per heavy atom. The Morgan fingerprint density at radius 3 is 3.15 bits per heavy atom. The van der Waals surface area contributed by atoms with Gasteiger partial charge in [-0.2, -0.15) is 0 Å². The predicted octanol–water partition coefficient (Wildman–Crippen LogP) is 3.18. The lowest BCUT2D eigenvalue weighted by molar-refractivity contribution is 0.620. The normalized spacial score (nSPS) is 28.6. The van der Waals surface area contributed by atoms with Gasteiger partial charge in [0, 0.05) is 5.92 Å². The molecule has 2 aliphatic rings. The molecule has 3 rings (SSSR count). The standard InChI is InChI=1S/C13H11/c1-2-6-12-10(4-1)8-9-11-5-3-7-13(11)12/h1-6,8,11,13H,7H2. The highest BCUT2D eigenvalue weighted by Gasteiger charge is 2.26. The smallest absolute Gasteiger partial charge is 0.00931 e. The Hall–Kier alpha value is -1.30. The summed E-state index contributed by atoms with van der Waals surface area (Å²) < 4.78 is 0. The molecular weight excluding hydrogens is 156 g/mol. The van der Waals surface area contributed by atoms with Gasteiger partial charge in [0.15, 0.2) is 0 Å². The van der Waals surface area contributed by atoms with Crippen molar-refractivity contribution in [3.05, 3.63) is 53.6 Å². The van der Waals surface area contributed by atoms with Crippen LogP contribution in [0.3, 0.4) is 0 Å². The molecule has 0 N–H and O–H groups in total. The summed E-state index contributed by atoms with van der Waals surface area (Å²) in [7, 11) is 0. The zero-order chi connectivity index (χ0) is 8.67. The Morgan fingerprint density at radius 2 is 2.15 bits per heavy atom. The highest BCUT2D eigenvalue weighted by molar-refractivity contribution is 5.57. The van der Waals surface area contributed by atoms with Crippen LogP contribution in [0.2, 0.25) is 0 Å². The van der Waals surface area contributed by atoms with Crippen LogP contribution in [0.25, 0.3) is 6.08 Å². The molecule has 0 heterocycles. The van der Waals surface area contributed by atoms with E-state index in [1.807, 2.05) is 0 Å². The highest BCUT2D eigenvalue weighted by atomic mass is 14.3. The molecule has 0 aliphatic heterocycles. The quantitative estimate of drug-likeness (QED) is 0.520. The molecule has 0 bridgehead atoms. The van der Waals surface area contributed by atoms with Crippen molar-refractivity contribution in [3.8, 4) is 0 Å². The summed E-state index contributed by atoms with van der Waals surface area (Å²) in [5, 5.41) is 0. The van der Waals surface area contributed by atoms with Crippen molar-refractivity contribution >= 4 is 6.08 Å². The molecule has 0 aromatic heterocycles. The molecule has 1 aromatic carbocycles. The molecule has 0 heteroatoms. The van der Waals surface area contributed by atoms with Gasteiger partial charge in [0.25, 0.3) is 0 Å². The van der Waals surface area contributed by atoms with Crippen LogP contribution in [-0.4, -0.2) is 0 Å². The van der Waals surface area contributed by atoms with Gasteiger partial charge in [-0.1, -0.05) is 42.5 Å². The molecule has 13 heavy (non-hydrogen) atoms. The van der Waals surface area contributed by atoms with E-state index >= 15 is 0 Å². The molecule has 0 nitrogen and oxygen atoms in total. The van der Waals surface area contributed by atoms with Crippen molar-refractivity contribution in [2.45, 2.75) is 12.3 Å². The van der Waals surface area contributed by atoms with E-state index in [4.69, 9.17) is 0 Å². The van der Waals surface area contributed by atoms with Crippen molar-refractivity contribution < 1.29 is 0 Å². The summed E-state index contributed by atoms with van der Waals surface area (Å²) in [6.45, 7) is 0. The second kappa shape index (κ2) is 2.59. The molecule has 2 aliphatic carbocycles. The molecule has 0 saturated carbocycles. The van der Waals surface area contributed by atoms with Gasteiger partial charge >= 0.3 is 0 Å². The topological polar surface area (TPSA) is 0 Å². The minimum Gasteiger partial charge on any atom is -0.0873 e. The van der Waals surface area contributed by atoms with Gasteiger partial charge in [0.05, 0.1) is 0 Å². The largest absolute Gasteiger partial charge is 0.0873 e. The first-order valence-corrected chi connectivity index (χ1v) is 4.80. The van der Waals surface area contributed by atoms with Crippen LogP contribution in [0, 0.1) is 12.0 Å². The fourth-order valence-corrected chi connectivity index (χ4v) is 2.31. The number of allylic oxidation sites excluding steroid dienone is 3. The maximum absolute atomic E-state index is 3.43. The summed E-state index contributed by atoms with van der Waals surface area (Å²) in [6, 6.07) is 8.65. The second-order valence-corrected chi connectivity index (χ2v) is 3.74. The van der Waals surface area contributed by atoms with Crippen LogP contribution < -0.4 is 0 Å². The molecule has 2 atom stereocenters. The van der Waals surface area contributed by atoms with Crippen LogP contribution in [0.15, 0.2) is 36.4 Å². The van der Waals surface area contributed by atoms with Crippen LogP contribution in [-0.2, 0) is 0 Å². The Bertz CT molecular complexity index is 385. The lowest BCUT2D eigenvalue weighted by Gasteiger charge is -2.22. The number of benzene rings is 1. The SMILES string of the molecule is [C]1=Cc2ccccc2C2CC=CC12. The molecule has 63 valence electrons. The van der Waals surface area contributed by atoms with Crippen molar-refractivity contribution in [1.29, 1.82) is 0 Å². The average molecular weight is 167 g/mol. The number of rotatable bonds is 0. The van der Waals surface area contributed by atoms with Crippen molar-refractivity contribution in [3.63, 3.8) is 0 Å². The fraction of sp³-hybridized carbons (Fsp3) is 0.231. The van der Waals surface area contributed by atoms with E-state index in [-0.39, 0.29) is 0 Å². The maximum atomic E-state index is 3.43. The second-order valence-electron chi connectivity index (χ2n) is 3.74. The minimum atomic E-state index is 0.537. The van der Waals surface area contributed by atoms with Gasteiger partial charge in [-0.25, -0.2) is 0 Å². The Kier molecular flexibility index (Phi) is 1.42. The molecule has 0 saturated heterocycles. The first-order valence-electron chi connectivity index (χ1n) is 4.80. The summed E-state index contributed by atoms with van der Waals surface area (Å²) in [5.74, 6) is 1.20. The number of fused-ring (bicyclic) bond motifs is 3. The number of hydrogen-bond acceptors (Lipinski definition) is 0. The maximum Gasteiger partial charge on any atom is 0.00931 e. The van der Waals surface area contributed by atoms with Crippen molar-refractivity contribution in [2.24, 2.45) is 5.92 Å². The van der Waals surface area contributed by atoms with Gasteiger partial charge in [-0.3, -0.25) is 0 Å². The van der Waals surface area contributed by atoms with E-state index < -0.39 is 0 Å². The third-order valence-corrected chi connectivity index (χ3v) is 2.99. The van der Waals surface area contributed by atoms with Crippen molar-refractivity contribution in [1.82, 2.24) is 0 Å². The molecule has 2 unspecified atom stereocenters.